The summed E-state index contributed by atoms with van der Waals surface area (Å²) in [6, 6.07) is 4.95. The van der Waals surface area contributed by atoms with Crippen molar-refractivity contribution in [3.63, 3.8) is 0 Å². The first kappa shape index (κ1) is 12.2. The third kappa shape index (κ3) is 2.18. The van der Waals surface area contributed by atoms with Gasteiger partial charge in [0.05, 0.1) is 0 Å². The van der Waals surface area contributed by atoms with E-state index in [9.17, 15) is 0 Å². The zero-order chi connectivity index (χ0) is 12.5. The summed E-state index contributed by atoms with van der Waals surface area (Å²) in [4.78, 5) is 4.69. The summed E-state index contributed by atoms with van der Waals surface area (Å²) in [5.41, 5.74) is 2.85. The highest BCUT2D eigenvalue weighted by atomic mass is 14.9. The molecule has 0 aromatic carbocycles. The van der Waals surface area contributed by atoms with Crippen LogP contribution in [0.3, 0.4) is 0 Å². The van der Waals surface area contributed by atoms with Crippen molar-refractivity contribution in [2.24, 2.45) is 11.8 Å². The Bertz CT molecular complexity index is 411. The predicted molar refractivity (Wildman–Crippen MR) is 74.7 cm³/mol. The van der Waals surface area contributed by atoms with Crippen LogP contribution in [0.15, 0.2) is 18.3 Å². The minimum Gasteiger partial charge on any atom is -0.316 e. The van der Waals surface area contributed by atoms with E-state index < -0.39 is 0 Å². The molecule has 3 unspecified atom stereocenters. The van der Waals surface area contributed by atoms with E-state index >= 15 is 0 Å². The second-order valence-electron chi connectivity index (χ2n) is 6.06. The molecule has 1 fully saturated rings. The topological polar surface area (TPSA) is 24.9 Å². The molecule has 0 spiro atoms. The zero-order valence-electron chi connectivity index (χ0n) is 11.5. The molecule has 98 valence electrons. The van der Waals surface area contributed by atoms with Crippen molar-refractivity contribution in [1.82, 2.24) is 10.3 Å². The van der Waals surface area contributed by atoms with Crippen LogP contribution in [0, 0.1) is 11.8 Å². The average Bonchev–Trinajstić information content (AvgIpc) is 3.24. The van der Waals surface area contributed by atoms with Gasteiger partial charge in [0, 0.05) is 23.9 Å². The Hall–Kier alpha value is -0.890. The van der Waals surface area contributed by atoms with Gasteiger partial charge in [0.25, 0.3) is 0 Å². The number of hydrogen-bond acceptors (Lipinski definition) is 2. The first-order valence-corrected chi connectivity index (χ1v) is 7.42. The predicted octanol–water partition coefficient (Wildman–Crippen LogP) is 3.14. The lowest BCUT2D eigenvalue weighted by Crippen LogP contribution is -2.40. The minimum absolute atomic E-state index is 0.603. The number of aryl methyl sites for hydroxylation is 1. The zero-order valence-corrected chi connectivity index (χ0v) is 11.5. The van der Waals surface area contributed by atoms with Gasteiger partial charge in [-0.15, -0.1) is 0 Å². The molecule has 18 heavy (non-hydrogen) atoms. The maximum Gasteiger partial charge on any atom is 0.0482 e. The van der Waals surface area contributed by atoms with Crippen LogP contribution < -0.4 is 5.32 Å². The fraction of sp³-hybridized carbons (Fsp3) is 0.688. The largest absolute Gasteiger partial charge is 0.316 e. The second kappa shape index (κ2) is 5.00. The quantitative estimate of drug-likeness (QED) is 0.880. The van der Waals surface area contributed by atoms with Gasteiger partial charge >= 0.3 is 0 Å². The van der Waals surface area contributed by atoms with E-state index in [0.29, 0.717) is 12.0 Å². The maximum absolute atomic E-state index is 4.69. The summed E-state index contributed by atoms with van der Waals surface area (Å²) < 4.78 is 0. The van der Waals surface area contributed by atoms with Crippen molar-refractivity contribution < 1.29 is 0 Å². The van der Waals surface area contributed by atoms with Crippen molar-refractivity contribution >= 4 is 0 Å². The molecule has 3 atom stereocenters. The van der Waals surface area contributed by atoms with Crippen molar-refractivity contribution in [2.45, 2.75) is 51.0 Å². The fourth-order valence-corrected chi connectivity index (χ4v) is 3.74. The molecule has 0 radical (unpaired) electrons. The smallest absolute Gasteiger partial charge is 0.0482 e. The SMILES string of the molecule is CNC(C1CCCc2cccnc21)C(C)C1CC1. The summed E-state index contributed by atoms with van der Waals surface area (Å²) in [6.45, 7) is 2.43. The number of likely N-dealkylation sites (N-methyl/N-ethyl adjacent to an activating group) is 1. The van der Waals surface area contributed by atoms with E-state index in [1.807, 2.05) is 6.20 Å². The van der Waals surface area contributed by atoms with E-state index in [-0.39, 0.29) is 0 Å². The molecule has 0 aliphatic heterocycles. The van der Waals surface area contributed by atoms with Gasteiger partial charge in [0.15, 0.2) is 0 Å². The number of rotatable bonds is 4. The number of nitrogens with zero attached hydrogens (tertiary/aromatic N) is 1. The molecule has 3 rings (SSSR count). The molecule has 0 bridgehead atoms. The highest BCUT2D eigenvalue weighted by Gasteiger charge is 2.38. The van der Waals surface area contributed by atoms with Crippen LogP contribution >= 0.6 is 0 Å². The van der Waals surface area contributed by atoms with Crippen LogP contribution in [0.5, 0.6) is 0 Å². The molecule has 1 aromatic rings. The first-order valence-electron chi connectivity index (χ1n) is 7.42. The Kier molecular flexibility index (Phi) is 3.38. The normalized spacial score (nSPS) is 26.4. The highest BCUT2D eigenvalue weighted by molar-refractivity contribution is 5.27. The Morgan fingerprint density at radius 2 is 2.17 bits per heavy atom. The number of nitrogens with one attached hydrogen (secondary N) is 1. The number of pyridine rings is 1. The van der Waals surface area contributed by atoms with Gasteiger partial charge in [-0.2, -0.15) is 0 Å². The third-order valence-electron chi connectivity index (χ3n) is 4.94. The molecule has 2 nitrogen and oxygen atoms in total. The monoisotopic (exact) mass is 244 g/mol. The van der Waals surface area contributed by atoms with Crippen LogP contribution in [0.4, 0.5) is 0 Å². The van der Waals surface area contributed by atoms with E-state index in [4.69, 9.17) is 4.98 Å². The molecule has 1 aromatic heterocycles. The van der Waals surface area contributed by atoms with Crippen molar-refractivity contribution in [1.29, 1.82) is 0 Å². The number of hydrogen-bond donors (Lipinski definition) is 1. The Labute approximate surface area is 110 Å². The van der Waals surface area contributed by atoms with Gasteiger partial charge in [-0.3, -0.25) is 4.98 Å². The van der Waals surface area contributed by atoms with Crippen LogP contribution in [0.1, 0.15) is 49.8 Å². The lowest BCUT2D eigenvalue weighted by molar-refractivity contribution is 0.288. The van der Waals surface area contributed by atoms with Gasteiger partial charge < -0.3 is 5.32 Å². The third-order valence-corrected chi connectivity index (χ3v) is 4.94. The van der Waals surface area contributed by atoms with Crippen LogP contribution in [0.25, 0.3) is 0 Å². The first-order chi connectivity index (χ1) is 8.81. The minimum atomic E-state index is 0.603. The summed E-state index contributed by atoms with van der Waals surface area (Å²) in [5, 5.41) is 3.59. The van der Waals surface area contributed by atoms with E-state index in [1.165, 1.54) is 43.4 Å². The van der Waals surface area contributed by atoms with Crippen molar-refractivity contribution in [3.05, 3.63) is 29.6 Å². The fourth-order valence-electron chi connectivity index (χ4n) is 3.74. The van der Waals surface area contributed by atoms with Gasteiger partial charge in [-0.05, 0) is 62.6 Å². The maximum atomic E-state index is 4.69. The Balaban J connectivity index is 1.86. The van der Waals surface area contributed by atoms with E-state index in [1.54, 1.807) is 0 Å². The second-order valence-corrected chi connectivity index (χ2v) is 6.06. The highest BCUT2D eigenvalue weighted by Crippen LogP contribution is 2.43. The average molecular weight is 244 g/mol. The van der Waals surface area contributed by atoms with Crippen LogP contribution in [0.2, 0.25) is 0 Å². The van der Waals surface area contributed by atoms with Crippen LogP contribution in [-0.4, -0.2) is 18.1 Å². The molecular weight excluding hydrogens is 220 g/mol. The van der Waals surface area contributed by atoms with Crippen LogP contribution in [-0.2, 0) is 6.42 Å². The number of aromatic nitrogens is 1. The van der Waals surface area contributed by atoms with Gasteiger partial charge in [-0.1, -0.05) is 13.0 Å². The lowest BCUT2D eigenvalue weighted by atomic mass is 9.76. The molecule has 2 aliphatic carbocycles. The Morgan fingerprint density at radius 1 is 1.33 bits per heavy atom. The Morgan fingerprint density at radius 3 is 2.89 bits per heavy atom. The molecule has 1 heterocycles. The summed E-state index contributed by atoms with van der Waals surface area (Å²) in [7, 11) is 2.13. The summed E-state index contributed by atoms with van der Waals surface area (Å²) >= 11 is 0. The van der Waals surface area contributed by atoms with Gasteiger partial charge in [0.2, 0.25) is 0 Å². The molecule has 1 N–H and O–H groups in total. The number of fused-ring (bicyclic) bond motifs is 1. The molecule has 0 amide bonds. The molecule has 1 saturated carbocycles. The molecule has 0 saturated heterocycles. The van der Waals surface area contributed by atoms with Gasteiger partial charge in [-0.25, -0.2) is 0 Å². The van der Waals surface area contributed by atoms with Crippen molar-refractivity contribution in [3.8, 4) is 0 Å². The summed E-state index contributed by atoms with van der Waals surface area (Å²) in [5.74, 6) is 2.36. The molecule has 2 aliphatic rings. The van der Waals surface area contributed by atoms with Crippen molar-refractivity contribution in [2.75, 3.05) is 7.05 Å². The van der Waals surface area contributed by atoms with Gasteiger partial charge in [0.1, 0.15) is 0 Å². The van der Waals surface area contributed by atoms with E-state index in [2.05, 4.69) is 31.4 Å². The van der Waals surface area contributed by atoms with E-state index in [0.717, 1.165) is 11.8 Å². The standard InChI is InChI=1S/C16H24N2/c1-11(12-8-9-12)15(17-2)14-7-3-5-13-6-4-10-18-16(13)14/h4,6,10-12,14-15,17H,3,5,7-9H2,1-2H3. The molecular formula is C16H24N2. The molecule has 2 heteroatoms. The summed E-state index contributed by atoms with van der Waals surface area (Å²) in [6.07, 6.45) is 8.66. The lowest BCUT2D eigenvalue weighted by Gasteiger charge is -2.35.